The molecule has 1 fully saturated rings. The minimum Gasteiger partial charge on any atom is -0.383 e. The summed E-state index contributed by atoms with van der Waals surface area (Å²) in [5, 5.41) is 7.45. The molecule has 0 aliphatic carbocycles. The van der Waals surface area contributed by atoms with Crippen molar-refractivity contribution in [1.29, 1.82) is 0 Å². The number of ether oxygens (including phenoxy) is 1. The number of nitrogens with zero attached hydrogens (tertiary/aromatic N) is 1. The van der Waals surface area contributed by atoms with Crippen LogP contribution >= 0.6 is 11.6 Å². The Hall–Kier alpha value is -0.840. The van der Waals surface area contributed by atoms with Crippen molar-refractivity contribution >= 4 is 17.4 Å². The zero-order valence-electron chi connectivity index (χ0n) is 10.0. The fourth-order valence-corrected chi connectivity index (χ4v) is 2.43. The Bertz CT molecular complexity index is 367. The van der Waals surface area contributed by atoms with Crippen molar-refractivity contribution < 1.29 is 4.74 Å². The first-order chi connectivity index (χ1) is 8.26. The van der Waals surface area contributed by atoms with Gasteiger partial charge in [0, 0.05) is 19.9 Å². The standard InChI is InChI=1S/C12H18ClN3O/c1-17-9-12(5-3-7-16-12)8-15-11-10(13)4-2-6-14-11/h2,4,6,16H,3,5,7-9H2,1H3,(H,14,15). The lowest BCUT2D eigenvalue weighted by atomic mass is 9.99. The number of nitrogens with one attached hydrogen (secondary N) is 2. The third-order valence-electron chi connectivity index (χ3n) is 3.11. The van der Waals surface area contributed by atoms with Crippen LogP contribution in [0.5, 0.6) is 0 Å². The highest BCUT2D eigenvalue weighted by molar-refractivity contribution is 6.32. The molecule has 1 unspecified atom stereocenters. The second-order valence-corrected chi connectivity index (χ2v) is 4.84. The van der Waals surface area contributed by atoms with E-state index in [4.69, 9.17) is 16.3 Å². The Labute approximate surface area is 107 Å². The fraction of sp³-hybridized carbons (Fsp3) is 0.583. The van der Waals surface area contributed by atoms with Crippen LogP contribution in [-0.4, -0.2) is 37.3 Å². The topological polar surface area (TPSA) is 46.2 Å². The minimum absolute atomic E-state index is 0.00952. The third-order valence-corrected chi connectivity index (χ3v) is 3.41. The van der Waals surface area contributed by atoms with Crippen LogP contribution in [0.2, 0.25) is 5.02 Å². The van der Waals surface area contributed by atoms with Crippen LogP contribution in [0.25, 0.3) is 0 Å². The van der Waals surface area contributed by atoms with Crippen LogP contribution < -0.4 is 10.6 Å². The Morgan fingerprint density at radius 3 is 3.18 bits per heavy atom. The quantitative estimate of drug-likeness (QED) is 0.844. The molecule has 2 heterocycles. The van der Waals surface area contributed by atoms with Gasteiger partial charge in [0.25, 0.3) is 0 Å². The van der Waals surface area contributed by atoms with E-state index in [0.717, 1.165) is 25.3 Å². The smallest absolute Gasteiger partial charge is 0.144 e. The number of rotatable bonds is 5. The summed E-state index contributed by atoms with van der Waals surface area (Å²) < 4.78 is 5.29. The molecule has 0 spiro atoms. The molecule has 5 heteroatoms. The molecule has 1 aliphatic heterocycles. The van der Waals surface area contributed by atoms with Crippen molar-refractivity contribution in [2.75, 3.05) is 32.1 Å². The maximum absolute atomic E-state index is 6.06. The minimum atomic E-state index is 0.00952. The zero-order valence-corrected chi connectivity index (χ0v) is 10.8. The van der Waals surface area contributed by atoms with Gasteiger partial charge in [0.1, 0.15) is 5.82 Å². The van der Waals surface area contributed by atoms with Crippen LogP contribution in [0.4, 0.5) is 5.82 Å². The summed E-state index contributed by atoms with van der Waals surface area (Å²) in [5.41, 5.74) is 0.00952. The van der Waals surface area contributed by atoms with Crippen LogP contribution in [0.15, 0.2) is 18.3 Å². The van der Waals surface area contributed by atoms with Gasteiger partial charge in [0.2, 0.25) is 0 Å². The van der Waals surface area contributed by atoms with Gasteiger partial charge in [0.05, 0.1) is 17.2 Å². The SMILES string of the molecule is COCC1(CNc2ncccc2Cl)CCCN1. The van der Waals surface area contributed by atoms with Crippen LogP contribution in [0.3, 0.4) is 0 Å². The highest BCUT2D eigenvalue weighted by atomic mass is 35.5. The van der Waals surface area contributed by atoms with Gasteiger partial charge < -0.3 is 15.4 Å². The van der Waals surface area contributed by atoms with Gasteiger partial charge in [-0.25, -0.2) is 4.98 Å². The van der Waals surface area contributed by atoms with E-state index < -0.39 is 0 Å². The highest BCUT2D eigenvalue weighted by Gasteiger charge is 2.33. The summed E-state index contributed by atoms with van der Waals surface area (Å²) in [6, 6.07) is 3.66. The molecular formula is C12H18ClN3O. The molecule has 1 atom stereocenters. The molecule has 1 aromatic rings. The summed E-state index contributed by atoms with van der Waals surface area (Å²) in [7, 11) is 1.73. The van der Waals surface area contributed by atoms with E-state index in [1.54, 1.807) is 13.3 Å². The van der Waals surface area contributed by atoms with E-state index >= 15 is 0 Å². The molecule has 4 nitrogen and oxygen atoms in total. The summed E-state index contributed by atoms with van der Waals surface area (Å²) in [6.45, 7) is 2.52. The second-order valence-electron chi connectivity index (χ2n) is 4.43. The normalized spacial score (nSPS) is 23.9. The molecule has 1 aliphatic rings. The maximum Gasteiger partial charge on any atom is 0.144 e. The molecule has 0 radical (unpaired) electrons. The van der Waals surface area contributed by atoms with Gasteiger partial charge in [-0.3, -0.25) is 0 Å². The molecule has 0 amide bonds. The van der Waals surface area contributed by atoms with Gasteiger partial charge >= 0.3 is 0 Å². The Morgan fingerprint density at radius 2 is 2.53 bits per heavy atom. The number of aromatic nitrogens is 1. The van der Waals surface area contributed by atoms with Crippen molar-refractivity contribution in [3.8, 4) is 0 Å². The van der Waals surface area contributed by atoms with Crippen molar-refractivity contribution in [3.63, 3.8) is 0 Å². The zero-order chi connectivity index (χ0) is 12.1. The lowest BCUT2D eigenvalue weighted by Crippen LogP contribution is -2.49. The summed E-state index contributed by atoms with van der Waals surface area (Å²) in [6.07, 6.45) is 4.03. The summed E-state index contributed by atoms with van der Waals surface area (Å²) in [5.74, 6) is 0.735. The van der Waals surface area contributed by atoms with Crippen molar-refractivity contribution in [3.05, 3.63) is 23.4 Å². The first-order valence-electron chi connectivity index (χ1n) is 5.84. The van der Waals surface area contributed by atoms with Gasteiger partial charge in [-0.05, 0) is 31.5 Å². The van der Waals surface area contributed by atoms with Gasteiger partial charge in [0.15, 0.2) is 0 Å². The van der Waals surface area contributed by atoms with Crippen LogP contribution in [0, 0.1) is 0 Å². The average molecular weight is 256 g/mol. The van der Waals surface area contributed by atoms with Gasteiger partial charge in [-0.2, -0.15) is 0 Å². The number of anilines is 1. The fourth-order valence-electron chi connectivity index (χ4n) is 2.24. The molecule has 2 N–H and O–H groups in total. The summed E-state index contributed by atoms with van der Waals surface area (Å²) in [4.78, 5) is 4.22. The molecule has 1 saturated heterocycles. The van der Waals surface area contributed by atoms with Crippen LogP contribution in [0.1, 0.15) is 12.8 Å². The largest absolute Gasteiger partial charge is 0.383 e. The van der Waals surface area contributed by atoms with E-state index in [2.05, 4.69) is 15.6 Å². The van der Waals surface area contributed by atoms with E-state index in [0.29, 0.717) is 11.6 Å². The first kappa shape index (κ1) is 12.6. The number of halogens is 1. The Morgan fingerprint density at radius 1 is 1.65 bits per heavy atom. The summed E-state index contributed by atoms with van der Waals surface area (Å²) >= 11 is 6.06. The predicted octanol–water partition coefficient (Wildman–Crippen LogP) is 1.92. The van der Waals surface area contributed by atoms with Crippen molar-refractivity contribution in [2.24, 2.45) is 0 Å². The van der Waals surface area contributed by atoms with E-state index in [1.807, 2.05) is 12.1 Å². The van der Waals surface area contributed by atoms with E-state index in [1.165, 1.54) is 6.42 Å². The molecule has 2 rings (SSSR count). The lowest BCUT2D eigenvalue weighted by Gasteiger charge is -2.29. The average Bonchev–Trinajstić information content (AvgIpc) is 2.78. The Balaban J connectivity index is 1.98. The lowest BCUT2D eigenvalue weighted by molar-refractivity contribution is 0.127. The van der Waals surface area contributed by atoms with Gasteiger partial charge in [-0.15, -0.1) is 0 Å². The molecule has 0 bridgehead atoms. The molecular weight excluding hydrogens is 238 g/mol. The molecule has 94 valence electrons. The number of hydrogen-bond donors (Lipinski definition) is 2. The predicted molar refractivity (Wildman–Crippen MR) is 69.6 cm³/mol. The Kier molecular flexibility index (Phi) is 4.20. The highest BCUT2D eigenvalue weighted by Crippen LogP contribution is 2.23. The monoisotopic (exact) mass is 255 g/mol. The number of pyridine rings is 1. The third kappa shape index (κ3) is 3.09. The van der Waals surface area contributed by atoms with Crippen LogP contribution in [-0.2, 0) is 4.74 Å². The number of methoxy groups -OCH3 is 1. The number of hydrogen-bond acceptors (Lipinski definition) is 4. The molecule has 0 aromatic carbocycles. The molecule has 17 heavy (non-hydrogen) atoms. The van der Waals surface area contributed by atoms with Gasteiger partial charge in [-0.1, -0.05) is 11.6 Å². The van der Waals surface area contributed by atoms with Crippen molar-refractivity contribution in [2.45, 2.75) is 18.4 Å². The van der Waals surface area contributed by atoms with E-state index in [-0.39, 0.29) is 5.54 Å². The molecule has 0 saturated carbocycles. The maximum atomic E-state index is 6.06. The second kappa shape index (κ2) is 5.67. The first-order valence-corrected chi connectivity index (χ1v) is 6.22. The molecule has 1 aromatic heterocycles. The van der Waals surface area contributed by atoms with E-state index in [9.17, 15) is 0 Å². The van der Waals surface area contributed by atoms with Crippen molar-refractivity contribution in [1.82, 2.24) is 10.3 Å².